The molecule has 1 aromatic rings. The third kappa shape index (κ3) is 6.47. The SMILES string of the molecule is CC(=O)OCC1OC(OC2C(N=[N+]=[N-])C3COC(O3)C2N=[N+]=[N-])C(N=[N+]=[N-])C(OCc2ccccc2)C1N=[N+]=[N-]. The molecular weight excluding hydrogens is 532 g/mol. The summed E-state index contributed by atoms with van der Waals surface area (Å²) in [5, 5.41) is 15.1. The Morgan fingerprint density at radius 1 is 0.900 bits per heavy atom. The molecule has 3 aliphatic rings. The molecule has 3 heterocycles. The Morgan fingerprint density at radius 3 is 2.23 bits per heavy atom. The third-order valence-corrected chi connectivity index (χ3v) is 6.48. The van der Waals surface area contributed by atoms with E-state index in [-0.39, 0.29) is 19.8 Å². The zero-order valence-corrected chi connectivity index (χ0v) is 21.0. The molecule has 10 atom stereocenters. The molecule has 1 aromatic carbocycles. The van der Waals surface area contributed by atoms with Crippen molar-refractivity contribution in [2.24, 2.45) is 20.5 Å². The highest BCUT2D eigenvalue weighted by Gasteiger charge is 2.54. The van der Waals surface area contributed by atoms with Crippen molar-refractivity contribution >= 4 is 5.97 Å². The topological polar surface area (TPSA) is 267 Å². The van der Waals surface area contributed by atoms with Crippen molar-refractivity contribution in [2.45, 2.75) is 74.7 Å². The number of benzene rings is 1. The number of esters is 1. The van der Waals surface area contributed by atoms with Crippen molar-refractivity contribution in [1.29, 1.82) is 0 Å². The van der Waals surface area contributed by atoms with Crippen molar-refractivity contribution in [3.8, 4) is 0 Å². The second kappa shape index (κ2) is 13.7. The van der Waals surface area contributed by atoms with Gasteiger partial charge in [-0.15, -0.1) is 0 Å². The number of carbonyl (C=O) groups excluding carboxylic acids is 1. The maximum atomic E-state index is 11.6. The number of carbonyl (C=O) groups is 1. The van der Waals surface area contributed by atoms with Crippen LogP contribution in [0.5, 0.6) is 0 Å². The Bertz CT molecular complexity index is 1210. The van der Waals surface area contributed by atoms with Gasteiger partial charge >= 0.3 is 5.97 Å². The highest BCUT2D eigenvalue weighted by molar-refractivity contribution is 5.65. The predicted molar refractivity (Wildman–Crippen MR) is 132 cm³/mol. The average Bonchev–Trinajstić information content (AvgIpc) is 3.39. The van der Waals surface area contributed by atoms with E-state index in [1.807, 2.05) is 18.2 Å². The first-order chi connectivity index (χ1) is 19.5. The molecular formula is C21H24N12O7. The maximum Gasteiger partial charge on any atom is 0.302 e. The fraction of sp³-hybridized carbons (Fsp3) is 0.667. The van der Waals surface area contributed by atoms with Crippen molar-refractivity contribution in [3.63, 3.8) is 0 Å². The number of azide groups is 4. The second-order valence-electron chi connectivity index (χ2n) is 8.87. The molecule has 10 unspecified atom stereocenters. The van der Waals surface area contributed by atoms with Gasteiger partial charge in [0, 0.05) is 26.6 Å². The minimum absolute atomic E-state index is 0.0331. The molecule has 0 amide bonds. The molecule has 0 spiro atoms. The van der Waals surface area contributed by atoms with Gasteiger partial charge in [0.15, 0.2) is 12.6 Å². The fourth-order valence-electron chi connectivity index (χ4n) is 4.76. The van der Waals surface area contributed by atoms with Gasteiger partial charge in [0.05, 0.1) is 43.6 Å². The molecule has 3 fully saturated rings. The summed E-state index contributed by atoms with van der Waals surface area (Å²) in [6.07, 6.45) is -6.47. The van der Waals surface area contributed by atoms with Gasteiger partial charge in [-0.25, -0.2) is 0 Å². The molecule has 0 aromatic heterocycles. The lowest BCUT2D eigenvalue weighted by molar-refractivity contribution is -0.278. The van der Waals surface area contributed by atoms with E-state index in [1.165, 1.54) is 6.92 Å². The molecule has 4 rings (SSSR count). The molecule has 210 valence electrons. The second-order valence-corrected chi connectivity index (χ2v) is 8.87. The zero-order valence-electron chi connectivity index (χ0n) is 21.0. The summed E-state index contributed by atoms with van der Waals surface area (Å²) in [6, 6.07) is 4.56. The number of hydrogen-bond donors (Lipinski definition) is 0. The van der Waals surface area contributed by atoms with E-state index in [2.05, 4.69) is 40.1 Å². The van der Waals surface area contributed by atoms with Gasteiger partial charge in [-0.3, -0.25) is 4.79 Å². The van der Waals surface area contributed by atoms with Crippen LogP contribution in [0, 0.1) is 0 Å². The van der Waals surface area contributed by atoms with Crippen LogP contribution in [0.3, 0.4) is 0 Å². The average molecular weight is 557 g/mol. The summed E-state index contributed by atoms with van der Waals surface area (Å²) in [4.78, 5) is 23.1. The van der Waals surface area contributed by atoms with Crippen LogP contribution in [0.25, 0.3) is 41.8 Å². The molecule has 3 saturated heterocycles. The van der Waals surface area contributed by atoms with Crippen LogP contribution in [-0.4, -0.2) is 80.3 Å². The number of rotatable bonds is 11. The summed E-state index contributed by atoms with van der Waals surface area (Å²) in [7, 11) is 0. The molecule has 2 bridgehead atoms. The third-order valence-electron chi connectivity index (χ3n) is 6.48. The van der Waals surface area contributed by atoms with Gasteiger partial charge in [0.2, 0.25) is 0 Å². The van der Waals surface area contributed by atoms with Gasteiger partial charge in [-0.1, -0.05) is 50.8 Å². The molecule has 0 saturated carbocycles. The number of ether oxygens (including phenoxy) is 6. The van der Waals surface area contributed by atoms with E-state index in [9.17, 15) is 26.9 Å². The first-order valence-electron chi connectivity index (χ1n) is 12.0. The molecule has 40 heavy (non-hydrogen) atoms. The van der Waals surface area contributed by atoms with Crippen molar-refractivity contribution in [2.75, 3.05) is 13.2 Å². The smallest absolute Gasteiger partial charge is 0.302 e. The Balaban J connectivity index is 1.71. The quantitative estimate of drug-likeness (QED) is 0.168. The summed E-state index contributed by atoms with van der Waals surface area (Å²) >= 11 is 0. The van der Waals surface area contributed by atoms with Gasteiger partial charge in [-0.05, 0) is 27.7 Å². The normalized spacial score (nSPS) is 34.2. The number of hydrogen-bond acceptors (Lipinski definition) is 11. The van der Waals surface area contributed by atoms with Crippen LogP contribution in [0.2, 0.25) is 0 Å². The Morgan fingerprint density at radius 2 is 1.55 bits per heavy atom. The van der Waals surface area contributed by atoms with E-state index >= 15 is 0 Å². The monoisotopic (exact) mass is 556 g/mol. The first-order valence-corrected chi connectivity index (χ1v) is 12.0. The van der Waals surface area contributed by atoms with Crippen LogP contribution in [-0.2, 0) is 39.8 Å². The largest absolute Gasteiger partial charge is 0.463 e. The van der Waals surface area contributed by atoms with E-state index in [1.54, 1.807) is 12.1 Å². The van der Waals surface area contributed by atoms with Crippen LogP contribution in [0.1, 0.15) is 12.5 Å². The fourth-order valence-corrected chi connectivity index (χ4v) is 4.76. The summed E-state index contributed by atoms with van der Waals surface area (Å²) in [6.45, 7) is 0.923. The van der Waals surface area contributed by atoms with E-state index in [0.717, 1.165) is 5.56 Å². The lowest BCUT2D eigenvalue weighted by Gasteiger charge is -2.46. The zero-order chi connectivity index (χ0) is 28.5. The molecule has 19 nitrogen and oxygen atoms in total. The minimum Gasteiger partial charge on any atom is -0.463 e. The van der Waals surface area contributed by atoms with Crippen LogP contribution >= 0.6 is 0 Å². The molecule has 3 aliphatic heterocycles. The number of nitrogens with zero attached hydrogens (tertiary/aromatic N) is 12. The Hall–Kier alpha value is -4.27. The predicted octanol–water partition coefficient (Wildman–Crippen LogP) is 3.72. The first kappa shape index (κ1) is 28.7. The van der Waals surface area contributed by atoms with E-state index in [0.29, 0.717) is 0 Å². The Kier molecular flexibility index (Phi) is 9.83. The highest BCUT2D eigenvalue weighted by Crippen LogP contribution is 2.37. The van der Waals surface area contributed by atoms with Gasteiger partial charge in [0.25, 0.3) is 0 Å². The van der Waals surface area contributed by atoms with Crippen molar-refractivity contribution < 1.29 is 33.2 Å². The summed E-state index contributed by atoms with van der Waals surface area (Å²) in [5.74, 6) is -0.621. The van der Waals surface area contributed by atoms with E-state index < -0.39 is 67.1 Å². The molecule has 0 radical (unpaired) electrons. The molecule has 19 heteroatoms. The van der Waals surface area contributed by atoms with Crippen molar-refractivity contribution in [1.82, 2.24) is 0 Å². The standard InChI is InChI=1S/C21H24N12O7/c1-10(34)35-8-12-14(26-30-22)18(36-7-11-5-3-2-4-6-11)16(28-32-24)21(39-12)40-19-15(27-31-23)13-9-37-20(38-13)17(19)29-33-25/h2-6,12-21H,7-9H2,1H3. The minimum atomic E-state index is -1.42. The van der Waals surface area contributed by atoms with Crippen molar-refractivity contribution in [3.05, 3.63) is 77.7 Å². The van der Waals surface area contributed by atoms with Gasteiger partial charge in [0.1, 0.15) is 24.8 Å². The maximum absolute atomic E-state index is 11.6. The Labute approximate surface area is 225 Å². The van der Waals surface area contributed by atoms with Gasteiger partial charge < -0.3 is 28.4 Å². The molecule has 0 aliphatic carbocycles. The molecule has 0 N–H and O–H groups in total. The lowest BCUT2D eigenvalue weighted by Crippen LogP contribution is -2.62. The lowest BCUT2D eigenvalue weighted by atomic mass is 9.93. The van der Waals surface area contributed by atoms with Gasteiger partial charge in [-0.2, -0.15) is 0 Å². The van der Waals surface area contributed by atoms with Crippen LogP contribution < -0.4 is 0 Å². The summed E-state index contributed by atoms with van der Waals surface area (Å²) < 4.78 is 34.7. The number of fused-ring (bicyclic) bond motifs is 2. The van der Waals surface area contributed by atoms with E-state index in [4.69, 9.17) is 28.4 Å². The van der Waals surface area contributed by atoms with Crippen LogP contribution in [0.15, 0.2) is 50.8 Å². The summed E-state index contributed by atoms with van der Waals surface area (Å²) in [5.41, 5.74) is 37.8. The van der Waals surface area contributed by atoms with Crippen LogP contribution in [0.4, 0.5) is 0 Å². The highest BCUT2D eigenvalue weighted by atomic mass is 16.7.